The summed E-state index contributed by atoms with van der Waals surface area (Å²) in [5.41, 5.74) is 3.60. The van der Waals surface area contributed by atoms with Crippen molar-refractivity contribution in [2.24, 2.45) is 10.9 Å². The highest BCUT2D eigenvalue weighted by Gasteiger charge is 2.24. The van der Waals surface area contributed by atoms with Crippen LogP contribution in [0.2, 0.25) is 0 Å². The maximum absolute atomic E-state index is 5.82. The molecule has 32 heavy (non-hydrogen) atoms. The molecule has 0 aliphatic carbocycles. The summed E-state index contributed by atoms with van der Waals surface area (Å²) in [5, 5.41) is 3.49. The molecule has 1 unspecified atom stereocenters. The summed E-state index contributed by atoms with van der Waals surface area (Å²) < 4.78 is 16.5. The van der Waals surface area contributed by atoms with Crippen LogP contribution in [-0.2, 0) is 34.0 Å². The van der Waals surface area contributed by atoms with Gasteiger partial charge in [-0.1, -0.05) is 54.6 Å². The highest BCUT2D eigenvalue weighted by atomic mass is 127. The highest BCUT2D eigenvalue weighted by molar-refractivity contribution is 14.0. The number of hydrogen-bond acceptors (Lipinski definition) is 4. The van der Waals surface area contributed by atoms with Crippen LogP contribution in [0.4, 0.5) is 0 Å². The van der Waals surface area contributed by atoms with Gasteiger partial charge in [0.25, 0.3) is 0 Å². The highest BCUT2D eigenvalue weighted by Crippen LogP contribution is 2.17. The summed E-state index contributed by atoms with van der Waals surface area (Å²) in [6.07, 6.45) is 1.13. The number of aliphatic imine (C=N–C) groups is 1. The average molecular weight is 553 g/mol. The number of methoxy groups -OCH3 is 1. The van der Waals surface area contributed by atoms with E-state index in [9.17, 15) is 0 Å². The topological polar surface area (TPSA) is 55.3 Å². The number of nitrogens with one attached hydrogen (secondary N) is 1. The van der Waals surface area contributed by atoms with E-state index in [1.165, 1.54) is 16.7 Å². The molecular formula is C25H36IN3O3. The van der Waals surface area contributed by atoms with Crippen molar-refractivity contribution >= 4 is 29.9 Å². The minimum Gasteiger partial charge on any atom is -0.382 e. The van der Waals surface area contributed by atoms with E-state index < -0.39 is 0 Å². The molecule has 1 N–H and O–H groups in total. The van der Waals surface area contributed by atoms with Crippen molar-refractivity contribution in [1.29, 1.82) is 0 Å². The van der Waals surface area contributed by atoms with Gasteiger partial charge >= 0.3 is 0 Å². The molecule has 7 heteroatoms. The molecule has 0 bridgehead atoms. The van der Waals surface area contributed by atoms with E-state index in [0.29, 0.717) is 32.3 Å². The van der Waals surface area contributed by atoms with Crippen molar-refractivity contribution in [1.82, 2.24) is 10.2 Å². The zero-order chi connectivity index (χ0) is 21.7. The number of nitrogens with zero attached hydrogens (tertiary/aromatic N) is 2. The molecule has 1 aliphatic heterocycles. The van der Waals surface area contributed by atoms with Gasteiger partial charge in [0.05, 0.1) is 33.0 Å². The van der Waals surface area contributed by atoms with Gasteiger partial charge < -0.3 is 24.4 Å². The van der Waals surface area contributed by atoms with Gasteiger partial charge in [0.2, 0.25) is 0 Å². The van der Waals surface area contributed by atoms with Gasteiger partial charge in [0, 0.05) is 39.7 Å². The van der Waals surface area contributed by atoms with E-state index in [2.05, 4.69) is 51.6 Å². The largest absolute Gasteiger partial charge is 0.382 e. The number of halogens is 1. The number of likely N-dealkylation sites (tertiary alicyclic amines) is 1. The van der Waals surface area contributed by atoms with Crippen LogP contribution in [0.25, 0.3) is 0 Å². The van der Waals surface area contributed by atoms with Gasteiger partial charge in [-0.05, 0) is 23.1 Å². The number of hydrogen-bond donors (Lipinski definition) is 1. The molecule has 2 aromatic rings. The number of ether oxygens (including phenoxy) is 3. The van der Waals surface area contributed by atoms with E-state index in [4.69, 9.17) is 14.2 Å². The molecule has 1 aliphatic rings. The molecule has 2 aromatic carbocycles. The monoisotopic (exact) mass is 553 g/mol. The maximum atomic E-state index is 5.82. The predicted molar refractivity (Wildman–Crippen MR) is 139 cm³/mol. The second-order valence-electron chi connectivity index (χ2n) is 7.86. The summed E-state index contributed by atoms with van der Waals surface area (Å²) in [5.74, 6) is 1.50. The molecule has 0 saturated carbocycles. The SMILES string of the molecule is CN=C(NCc1ccc(COCc2ccccc2)cc1)N1CCC(COCCOC)C1.I. The molecule has 0 amide bonds. The Morgan fingerprint density at radius 2 is 1.66 bits per heavy atom. The minimum absolute atomic E-state index is 0. The predicted octanol–water partition coefficient (Wildman–Crippen LogP) is 4.08. The second-order valence-corrected chi connectivity index (χ2v) is 7.86. The van der Waals surface area contributed by atoms with E-state index in [1.807, 2.05) is 25.2 Å². The van der Waals surface area contributed by atoms with Crippen LogP contribution in [0, 0.1) is 5.92 Å². The van der Waals surface area contributed by atoms with Crippen LogP contribution >= 0.6 is 24.0 Å². The summed E-state index contributed by atoms with van der Waals surface area (Å²) in [4.78, 5) is 6.78. The van der Waals surface area contributed by atoms with Gasteiger partial charge in [-0.2, -0.15) is 0 Å². The van der Waals surface area contributed by atoms with Crippen LogP contribution in [0.5, 0.6) is 0 Å². The Morgan fingerprint density at radius 3 is 2.34 bits per heavy atom. The lowest BCUT2D eigenvalue weighted by Crippen LogP contribution is -2.39. The van der Waals surface area contributed by atoms with E-state index in [1.54, 1.807) is 7.11 Å². The molecule has 1 atom stereocenters. The third-order valence-corrected chi connectivity index (χ3v) is 5.44. The quantitative estimate of drug-likeness (QED) is 0.197. The fraction of sp³-hybridized carbons (Fsp3) is 0.480. The van der Waals surface area contributed by atoms with Gasteiger partial charge in [-0.25, -0.2) is 0 Å². The van der Waals surface area contributed by atoms with Crippen LogP contribution in [0.15, 0.2) is 59.6 Å². The number of benzene rings is 2. The Labute approximate surface area is 209 Å². The molecule has 1 fully saturated rings. The normalized spacial score (nSPS) is 16.1. The van der Waals surface area contributed by atoms with Crippen molar-refractivity contribution in [3.8, 4) is 0 Å². The van der Waals surface area contributed by atoms with Crippen molar-refractivity contribution in [3.05, 3.63) is 71.3 Å². The fourth-order valence-corrected chi connectivity index (χ4v) is 3.68. The summed E-state index contributed by atoms with van der Waals surface area (Å²) >= 11 is 0. The van der Waals surface area contributed by atoms with Crippen molar-refractivity contribution in [2.45, 2.75) is 26.2 Å². The van der Waals surface area contributed by atoms with E-state index in [0.717, 1.165) is 38.6 Å². The van der Waals surface area contributed by atoms with Gasteiger partial charge in [-0.15, -0.1) is 24.0 Å². The summed E-state index contributed by atoms with van der Waals surface area (Å²) in [7, 11) is 3.54. The van der Waals surface area contributed by atoms with E-state index in [-0.39, 0.29) is 24.0 Å². The van der Waals surface area contributed by atoms with Crippen LogP contribution in [0.3, 0.4) is 0 Å². The molecule has 1 saturated heterocycles. The smallest absolute Gasteiger partial charge is 0.193 e. The first-order valence-electron chi connectivity index (χ1n) is 11.0. The lowest BCUT2D eigenvalue weighted by atomic mass is 10.1. The Kier molecular flexibility index (Phi) is 12.6. The minimum atomic E-state index is 0. The van der Waals surface area contributed by atoms with Crippen LogP contribution in [-0.4, -0.2) is 57.9 Å². The van der Waals surface area contributed by atoms with E-state index >= 15 is 0 Å². The summed E-state index contributed by atoms with van der Waals surface area (Å²) in [6, 6.07) is 18.8. The Hall–Kier alpha value is -1.68. The molecule has 0 spiro atoms. The molecule has 1 heterocycles. The Morgan fingerprint density at radius 1 is 0.969 bits per heavy atom. The lowest BCUT2D eigenvalue weighted by Gasteiger charge is -2.22. The zero-order valence-electron chi connectivity index (χ0n) is 19.2. The van der Waals surface area contributed by atoms with Crippen LogP contribution in [0.1, 0.15) is 23.1 Å². The molecule has 0 aromatic heterocycles. The number of rotatable bonds is 11. The molecular weight excluding hydrogens is 517 g/mol. The van der Waals surface area contributed by atoms with Gasteiger partial charge in [0.1, 0.15) is 0 Å². The Bertz CT molecular complexity index is 787. The van der Waals surface area contributed by atoms with Gasteiger partial charge in [-0.3, -0.25) is 4.99 Å². The third-order valence-electron chi connectivity index (χ3n) is 5.44. The average Bonchev–Trinajstić information content (AvgIpc) is 3.28. The second kappa shape index (κ2) is 15.2. The number of guanidine groups is 1. The molecule has 3 rings (SSSR count). The summed E-state index contributed by atoms with van der Waals surface area (Å²) in [6.45, 7) is 6.08. The first-order chi connectivity index (χ1) is 15.3. The maximum Gasteiger partial charge on any atom is 0.193 e. The first-order valence-corrected chi connectivity index (χ1v) is 11.0. The molecule has 176 valence electrons. The molecule has 6 nitrogen and oxygen atoms in total. The van der Waals surface area contributed by atoms with Crippen molar-refractivity contribution in [2.75, 3.05) is 47.1 Å². The fourth-order valence-electron chi connectivity index (χ4n) is 3.68. The third kappa shape index (κ3) is 9.05. The Balaban J connectivity index is 0.00000363. The van der Waals surface area contributed by atoms with Crippen molar-refractivity contribution in [3.63, 3.8) is 0 Å². The lowest BCUT2D eigenvalue weighted by molar-refractivity contribution is 0.0536. The van der Waals surface area contributed by atoms with Crippen molar-refractivity contribution < 1.29 is 14.2 Å². The standard InChI is InChI=1S/C25H35N3O3.HI/c1-26-25(28-13-12-24(17-28)20-30-15-14-29-2)27-16-21-8-10-23(11-9-21)19-31-18-22-6-4-3-5-7-22;/h3-11,24H,12-20H2,1-2H3,(H,26,27);1H. The van der Waals surface area contributed by atoms with Gasteiger partial charge in [0.15, 0.2) is 5.96 Å². The first kappa shape index (κ1) is 26.6. The van der Waals surface area contributed by atoms with Crippen LogP contribution < -0.4 is 5.32 Å². The zero-order valence-corrected chi connectivity index (χ0v) is 21.5. The molecule has 0 radical (unpaired) electrons.